The van der Waals surface area contributed by atoms with Crippen LogP contribution in [0.5, 0.6) is 0 Å². The molecule has 0 aliphatic heterocycles. The van der Waals surface area contributed by atoms with Gasteiger partial charge in [-0.1, -0.05) is 54.6 Å². The number of nitrogens with zero attached hydrogens (tertiary/aromatic N) is 1. The van der Waals surface area contributed by atoms with Crippen LogP contribution in [0.3, 0.4) is 0 Å². The molecule has 43 heavy (non-hydrogen) atoms. The van der Waals surface area contributed by atoms with Crippen LogP contribution in [0.4, 0.5) is 5.69 Å². The minimum absolute atomic E-state index is 0.147. The molecular weight excluding hydrogens is 562 g/mol. The van der Waals surface area contributed by atoms with Crippen LogP contribution in [-0.2, 0) is 11.3 Å². The fourth-order valence-corrected chi connectivity index (χ4v) is 5.85. The van der Waals surface area contributed by atoms with Crippen LogP contribution < -0.4 is 10.6 Å². The number of aliphatic hydroxyl groups excluding tert-OH is 1. The third-order valence-electron chi connectivity index (χ3n) is 7.02. The highest BCUT2D eigenvalue weighted by molar-refractivity contribution is 7.99. The summed E-state index contributed by atoms with van der Waals surface area (Å²) in [6, 6.07) is 25.5. The minimum atomic E-state index is -1.01. The Morgan fingerprint density at radius 2 is 1.58 bits per heavy atom. The van der Waals surface area contributed by atoms with E-state index >= 15 is 0 Å². The third-order valence-corrected chi connectivity index (χ3v) is 8.14. The Balaban J connectivity index is 1.61. The molecule has 8 nitrogen and oxygen atoms in total. The lowest BCUT2D eigenvalue weighted by atomic mass is 9.96. The summed E-state index contributed by atoms with van der Waals surface area (Å²) in [6.07, 6.45) is -0.868. The Bertz CT molecular complexity index is 1630. The second kappa shape index (κ2) is 13.8. The quantitative estimate of drug-likeness (QED) is 0.141. The highest BCUT2D eigenvalue weighted by atomic mass is 32.2. The van der Waals surface area contributed by atoms with E-state index in [4.69, 9.17) is 4.84 Å². The SMILES string of the molecule is CO[N+](=O)c1cccc(C(=O)N[C@@H](CSc2ccc3ccccc3c2)[C@H](O)Cc2ccccc2C(=O)NC(C)(C)C)c1C. The lowest BCUT2D eigenvalue weighted by molar-refractivity contribution is -0.737. The molecule has 3 N–H and O–H groups in total. The van der Waals surface area contributed by atoms with Gasteiger partial charge in [-0.2, -0.15) is 0 Å². The lowest BCUT2D eigenvalue weighted by Gasteiger charge is -2.26. The molecule has 0 saturated carbocycles. The number of aliphatic hydroxyl groups is 1. The van der Waals surface area contributed by atoms with Gasteiger partial charge in [0, 0.05) is 45.4 Å². The minimum Gasteiger partial charge on any atom is -0.391 e. The molecule has 0 unspecified atom stereocenters. The Hall–Kier alpha value is -4.21. The van der Waals surface area contributed by atoms with Gasteiger partial charge in [-0.05, 0) is 68.3 Å². The monoisotopic (exact) mass is 600 g/mol. The van der Waals surface area contributed by atoms with E-state index in [1.165, 1.54) is 18.9 Å². The molecule has 2 atom stereocenters. The molecule has 224 valence electrons. The fourth-order valence-electron chi connectivity index (χ4n) is 4.80. The number of amides is 2. The van der Waals surface area contributed by atoms with Crippen LogP contribution in [0.1, 0.15) is 52.6 Å². The summed E-state index contributed by atoms with van der Waals surface area (Å²) >= 11 is 1.52. The molecule has 9 heteroatoms. The topological polar surface area (TPSA) is 108 Å². The maximum atomic E-state index is 13.6. The van der Waals surface area contributed by atoms with Crippen molar-refractivity contribution in [2.45, 2.75) is 56.7 Å². The summed E-state index contributed by atoms with van der Waals surface area (Å²) in [5, 5.41) is 19.8. The second-order valence-corrected chi connectivity index (χ2v) is 12.5. The van der Waals surface area contributed by atoms with E-state index in [2.05, 4.69) is 16.7 Å². The van der Waals surface area contributed by atoms with Crippen molar-refractivity contribution in [3.63, 3.8) is 0 Å². The van der Waals surface area contributed by atoms with Crippen molar-refractivity contribution in [2.75, 3.05) is 12.9 Å². The molecule has 4 rings (SSSR count). The Kier molecular flexibility index (Phi) is 10.2. The van der Waals surface area contributed by atoms with Gasteiger partial charge in [0.25, 0.3) is 16.7 Å². The predicted octanol–water partition coefficient (Wildman–Crippen LogP) is 6.14. The molecule has 4 aromatic rings. The molecule has 0 aliphatic rings. The lowest BCUT2D eigenvalue weighted by Crippen LogP contribution is -2.46. The first-order valence-electron chi connectivity index (χ1n) is 14.1. The maximum absolute atomic E-state index is 13.6. The van der Waals surface area contributed by atoms with E-state index in [-0.39, 0.29) is 18.0 Å². The summed E-state index contributed by atoms with van der Waals surface area (Å²) in [6.45, 7) is 7.41. The summed E-state index contributed by atoms with van der Waals surface area (Å²) in [5.74, 6) is -0.286. The van der Waals surface area contributed by atoms with Crippen molar-refractivity contribution in [3.8, 4) is 0 Å². The molecular formula is C34H38N3O5S+. The highest BCUT2D eigenvalue weighted by Crippen LogP contribution is 2.27. The van der Waals surface area contributed by atoms with E-state index in [9.17, 15) is 19.6 Å². The summed E-state index contributed by atoms with van der Waals surface area (Å²) in [4.78, 5) is 44.9. The number of benzene rings is 4. The molecule has 0 saturated heterocycles. The number of hydrogen-bond acceptors (Lipinski definition) is 6. The molecule has 0 fully saturated rings. The van der Waals surface area contributed by atoms with E-state index in [0.29, 0.717) is 32.9 Å². The van der Waals surface area contributed by atoms with Gasteiger partial charge in [-0.25, -0.2) is 4.84 Å². The fraction of sp³-hybridized carbons (Fsp3) is 0.294. The van der Waals surface area contributed by atoms with Crippen LogP contribution in [-0.4, -0.2) is 52.4 Å². The van der Waals surface area contributed by atoms with E-state index in [0.717, 1.165) is 15.7 Å². The number of carbonyl (C=O) groups excluding carboxylic acids is 2. The molecule has 4 aromatic carbocycles. The first-order valence-corrected chi connectivity index (χ1v) is 15.1. The number of nitrogens with one attached hydrogen (secondary N) is 2. The van der Waals surface area contributed by atoms with Gasteiger partial charge in [0.05, 0.1) is 17.1 Å². The number of rotatable bonds is 11. The van der Waals surface area contributed by atoms with Crippen molar-refractivity contribution in [2.24, 2.45) is 0 Å². The standard InChI is InChI=1S/C34H37N3O5S/c1-22-27(15-10-16-30(22)37(41)42-5)32(39)35-29(21-43-26-18-17-23-11-6-7-12-24(23)19-26)31(38)20-25-13-8-9-14-28(25)33(40)36-34(2,3)4/h6-19,29,31,38H,20-21H2,1-5H3,(H-,35,36,39,40)/p+1/t29-,31+/m0/s1. The molecule has 0 heterocycles. The zero-order valence-electron chi connectivity index (χ0n) is 25.1. The Morgan fingerprint density at radius 3 is 2.30 bits per heavy atom. The number of hydrogen-bond donors (Lipinski definition) is 3. The van der Waals surface area contributed by atoms with Gasteiger partial charge in [0.1, 0.15) is 0 Å². The first-order chi connectivity index (χ1) is 20.5. The predicted molar refractivity (Wildman–Crippen MR) is 171 cm³/mol. The number of fused-ring (bicyclic) bond motifs is 1. The van der Waals surface area contributed by atoms with Crippen molar-refractivity contribution in [1.29, 1.82) is 0 Å². The summed E-state index contributed by atoms with van der Waals surface area (Å²) in [5.41, 5.74) is 1.70. The van der Waals surface area contributed by atoms with Gasteiger partial charge in [0.2, 0.25) is 0 Å². The van der Waals surface area contributed by atoms with Gasteiger partial charge in [0.15, 0.2) is 7.11 Å². The second-order valence-electron chi connectivity index (χ2n) is 11.4. The van der Waals surface area contributed by atoms with Crippen LogP contribution in [0.2, 0.25) is 0 Å². The van der Waals surface area contributed by atoms with Crippen molar-refractivity contribution in [3.05, 3.63) is 112 Å². The van der Waals surface area contributed by atoms with Gasteiger partial charge < -0.3 is 15.7 Å². The van der Waals surface area contributed by atoms with Gasteiger partial charge in [-0.15, -0.1) is 11.8 Å². The van der Waals surface area contributed by atoms with Gasteiger partial charge in [-0.3, -0.25) is 9.59 Å². The zero-order chi connectivity index (χ0) is 31.1. The van der Waals surface area contributed by atoms with Crippen LogP contribution in [0.15, 0.2) is 89.8 Å². The highest BCUT2D eigenvalue weighted by Gasteiger charge is 2.28. The number of carbonyl (C=O) groups is 2. The molecule has 0 aliphatic carbocycles. The van der Waals surface area contributed by atoms with E-state index < -0.39 is 23.6 Å². The Morgan fingerprint density at radius 1 is 0.907 bits per heavy atom. The average Bonchev–Trinajstić information content (AvgIpc) is 2.98. The molecule has 0 bridgehead atoms. The Labute approximate surface area is 256 Å². The van der Waals surface area contributed by atoms with Crippen LogP contribution in [0.25, 0.3) is 10.8 Å². The average molecular weight is 601 g/mol. The van der Waals surface area contributed by atoms with Crippen molar-refractivity contribution < 1.29 is 24.5 Å². The molecule has 0 spiro atoms. The van der Waals surface area contributed by atoms with Crippen LogP contribution >= 0.6 is 11.8 Å². The van der Waals surface area contributed by atoms with Crippen molar-refractivity contribution >= 4 is 40.0 Å². The van der Waals surface area contributed by atoms with E-state index in [1.54, 1.807) is 37.3 Å². The van der Waals surface area contributed by atoms with E-state index in [1.807, 2.05) is 69.3 Å². The molecule has 0 aromatic heterocycles. The largest absolute Gasteiger partial charge is 0.391 e. The normalized spacial score (nSPS) is 12.8. The zero-order valence-corrected chi connectivity index (χ0v) is 25.9. The van der Waals surface area contributed by atoms with Crippen LogP contribution in [0, 0.1) is 11.8 Å². The van der Waals surface area contributed by atoms with Gasteiger partial charge >= 0.3 is 5.69 Å². The molecule has 2 amide bonds. The third kappa shape index (κ3) is 8.21. The maximum Gasteiger partial charge on any atom is 0.320 e. The molecule has 0 radical (unpaired) electrons. The summed E-state index contributed by atoms with van der Waals surface area (Å²) < 4.78 is 0. The summed E-state index contributed by atoms with van der Waals surface area (Å²) in [7, 11) is 1.26. The smallest absolute Gasteiger partial charge is 0.320 e. The van der Waals surface area contributed by atoms with Crippen molar-refractivity contribution in [1.82, 2.24) is 10.6 Å². The first kappa shape index (κ1) is 31.7. The number of thioether (sulfide) groups is 1.